The number of amides is 1. The topological polar surface area (TPSA) is 144 Å². The number of halogens is 1. The van der Waals surface area contributed by atoms with E-state index in [1.807, 2.05) is 20.8 Å². The number of anilines is 2. The van der Waals surface area contributed by atoms with Gasteiger partial charge in [0.15, 0.2) is 5.69 Å². The van der Waals surface area contributed by atoms with Crippen molar-refractivity contribution >= 4 is 34.7 Å². The van der Waals surface area contributed by atoms with Crippen LogP contribution in [0.25, 0.3) is 0 Å². The monoisotopic (exact) mass is 437 g/mol. The number of carbonyl (C=O) groups excluding carboxylic acids is 1. The molecular formula is C19H24ClN5O5. The number of H-pyrrole nitrogens is 1. The zero-order valence-corrected chi connectivity index (χ0v) is 17.7. The van der Waals surface area contributed by atoms with Gasteiger partial charge in [-0.3, -0.25) is 29.3 Å². The Morgan fingerprint density at radius 1 is 1.37 bits per heavy atom. The quantitative estimate of drug-likeness (QED) is 0.479. The van der Waals surface area contributed by atoms with Gasteiger partial charge in [0.2, 0.25) is 0 Å². The molecule has 0 fully saturated rings. The molecule has 0 unspecified atom stereocenters. The van der Waals surface area contributed by atoms with Gasteiger partial charge in [0.1, 0.15) is 10.8 Å². The number of nitrogens with two attached hydrogens (primary N) is 1. The lowest BCUT2D eigenvalue weighted by Crippen LogP contribution is -2.42. The standard InChI is InChI=1S/C19H24ClN5O5/c1-4-5-8-23(18(27)12-6-7-13(20)14(9-12)25(29)30)15-16(21)24(10-11(2)3)19(28)22-17(15)26/h6-7,9,11H,4-5,8,10,21H2,1-3H3,(H,22,26,28). The van der Waals surface area contributed by atoms with E-state index in [1.165, 1.54) is 16.7 Å². The summed E-state index contributed by atoms with van der Waals surface area (Å²) in [4.78, 5) is 51.9. The van der Waals surface area contributed by atoms with Crippen molar-refractivity contribution in [3.8, 4) is 0 Å². The number of hydrogen-bond donors (Lipinski definition) is 2. The van der Waals surface area contributed by atoms with E-state index in [9.17, 15) is 24.5 Å². The molecule has 0 saturated carbocycles. The minimum absolute atomic E-state index is 0.0254. The second kappa shape index (κ2) is 9.57. The van der Waals surface area contributed by atoms with E-state index in [1.54, 1.807) is 0 Å². The molecule has 11 heteroatoms. The summed E-state index contributed by atoms with van der Waals surface area (Å²) >= 11 is 5.83. The highest BCUT2D eigenvalue weighted by atomic mass is 35.5. The average molecular weight is 438 g/mol. The maximum atomic E-state index is 13.2. The molecule has 3 N–H and O–H groups in total. The summed E-state index contributed by atoms with van der Waals surface area (Å²) < 4.78 is 1.21. The first-order valence-electron chi connectivity index (χ1n) is 9.46. The van der Waals surface area contributed by atoms with Crippen molar-refractivity contribution in [2.45, 2.75) is 40.2 Å². The summed E-state index contributed by atoms with van der Waals surface area (Å²) in [5, 5.41) is 11.1. The van der Waals surface area contributed by atoms with Crippen LogP contribution in [0, 0.1) is 16.0 Å². The number of nitrogen functional groups attached to an aromatic ring is 1. The number of nitro benzene ring substituents is 1. The summed E-state index contributed by atoms with van der Waals surface area (Å²) in [5.74, 6) is -0.733. The molecule has 0 radical (unpaired) electrons. The average Bonchev–Trinajstić information content (AvgIpc) is 2.67. The molecule has 1 amide bonds. The normalized spacial score (nSPS) is 11.0. The van der Waals surface area contributed by atoms with Gasteiger partial charge in [-0.15, -0.1) is 0 Å². The van der Waals surface area contributed by atoms with Gasteiger partial charge in [0.25, 0.3) is 17.2 Å². The number of carbonyl (C=O) groups is 1. The lowest BCUT2D eigenvalue weighted by molar-refractivity contribution is -0.384. The maximum absolute atomic E-state index is 13.2. The third-order valence-electron chi connectivity index (χ3n) is 4.40. The third-order valence-corrected chi connectivity index (χ3v) is 4.72. The van der Waals surface area contributed by atoms with Gasteiger partial charge in [-0.25, -0.2) is 4.79 Å². The molecule has 2 aromatic rings. The van der Waals surface area contributed by atoms with Crippen molar-refractivity contribution in [2.24, 2.45) is 5.92 Å². The number of nitro groups is 1. The number of rotatable bonds is 8. The number of unbranched alkanes of at least 4 members (excludes halogenated alkanes) is 1. The van der Waals surface area contributed by atoms with Crippen molar-refractivity contribution < 1.29 is 9.72 Å². The van der Waals surface area contributed by atoms with Crippen molar-refractivity contribution in [3.63, 3.8) is 0 Å². The SMILES string of the molecule is CCCCN(C(=O)c1ccc(Cl)c([N+](=O)[O-])c1)c1c(N)n(CC(C)C)c(=O)[nH]c1=O. The molecule has 0 aliphatic heterocycles. The third kappa shape index (κ3) is 4.88. The lowest BCUT2D eigenvalue weighted by Gasteiger charge is -2.25. The number of aromatic nitrogens is 2. The van der Waals surface area contributed by atoms with Crippen LogP contribution in [0.15, 0.2) is 27.8 Å². The molecule has 30 heavy (non-hydrogen) atoms. The van der Waals surface area contributed by atoms with Crippen LogP contribution in [0.5, 0.6) is 0 Å². The second-order valence-electron chi connectivity index (χ2n) is 7.23. The first-order valence-corrected chi connectivity index (χ1v) is 9.84. The van der Waals surface area contributed by atoms with Crippen molar-refractivity contribution in [3.05, 3.63) is 59.7 Å². The number of hydrogen-bond acceptors (Lipinski definition) is 6. The van der Waals surface area contributed by atoms with Crippen LogP contribution in [0.4, 0.5) is 17.2 Å². The molecule has 1 heterocycles. The minimum atomic E-state index is -0.801. The fourth-order valence-electron chi connectivity index (χ4n) is 2.96. The van der Waals surface area contributed by atoms with Gasteiger partial charge in [-0.05, 0) is 24.5 Å². The van der Waals surface area contributed by atoms with Crippen LogP contribution < -0.4 is 21.9 Å². The molecule has 1 aromatic heterocycles. The largest absolute Gasteiger partial charge is 0.383 e. The Bertz CT molecular complexity index is 1080. The summed E-state index contributed by atoms with van der Waals surface area (Å²) in [6.07, 6.45) is 1.26. The molecule has 10 nitrogen and oxygen atoms in total. The molecule has 1 aromatic carbocycles. The van der Waals surface area contributed by atoms with Gasteiger partial charge < -0.3 is 10.6 Å². The van der Waals surface area contributed by atoms with Gasteiger partial charge in [-0.2, -0.15) is 0 Å². The maximum Gasteiger partial charge on any atom is 0.330 e. The van der Waals surface area contributed by atoms with E-state index in [0.29, 0.717) is 12.8 Å². The first-order chi connectivity index (χ1) is 14.1. The molecule has 2 rings (SSSR count). The van der Waals surface area contributed by atoms with E-state index in [4.69, 9.17) is 17.3 Å². The molecule has 0 aliphatic carbocycles. The Morgan fingerprint density at radius 2 is 2.03 bits per heavy atom. The fourth-order valence-corrected chi connectivity index (χ4v) is 3.14. The second-order valence-corrected chi connectivity index (χ2v) is 7.64. The van der Waals surface area contributed by atoms with Gasteiger partial charge >= 0.3 is 5.69 Å². The summed E-state index contributed by atoms with van der Waals surface area (Å²) in [7, 11) is 0. The Labute approximate surface area is 177 Å². The molecule has 0 spiro atoms. The zero-order valence-electron chi connectivity index (χ0n) is 17.0. The Hall–Kier alpha value is -3.14. The number of nitrogens with zero attached hydrogens (tertiary/aromatic N) is 3. The van der Waals surface area contributed by atoms with E-state index < -0.39 is 27.8 Å². The van der Waals surface area contributed by atoms with Crippen molar-refractivity contribution in [1.82, 2.24) is 9.55 Å². The summed E-state index contributed by atoms with van der Waals surface area (Å²) in [5.41, 5.74) is 4.06. The summed E-state index contributed by atoms with van der Waals surface area (Å²) in [6.45, 7) is 6.05. The number of nitrogens with one attached hydrogen (secondary N) is 1. The highest BCUT2D eigenvalue weighted by Crippen LogP contribution is 2.27. The van der Waals surface area contributed by atoms with Gasteiger partial charge in [0, 0.05) is 24.7 Å². The number of aromatic amines is 1. The van der Waals surface area contributed by atoms with E-state index in [-0.39, 0.29) is 41.1 Å². The highest BCUT2D eigenvalue weighted by molar-refractivity contribution is 6.32. The molecule has 162 valence electrons. The molecule has 0 atom stereocenters. The van der Waals surface area contributed by atoms with Crippen LogP contribution in [0.3, 0.4) is 0 Å². The molecule has 0 saturated heterocycles. The van der Waals surface area contributed by atoms with Gasteiger partial charge in [-0.1, -0.05) is 38.8 Å². The highest BCUT2D eigenvalue weighted by Gasteiger charge is 2.27. The molecule has 0 bridgehead atoms. The van der Waals surface area contributed by atoms with Crippen LogP contribution in [0.1, 0.15) is 44.0 Å². The molecule has 0 aliphatic rings. The summed E-state index contributed by atoms with van der Waals surface area (Å²) in [6, 6.07) is 3.64. The lowest BCUT2D eigenvalue weighted by atomic mass is 10.1. The van der Waals surface area contributed by atoms with Crippen LogP contribution in [-0.4, -0.2) is 26.9 Å². The van der Waals surface area contributed by atoms with E-state index in [2.05, 4.69) is 4.98 Å². The Morgan fingerprint density at radius 3 is 2.60 bits per heavy atom. The smallest absolute Gasteiger partial charge is 0.330 e. The Balaban J connectivity index is 2.65. The van der Waals surface area contributed by atoms with Crippen molar-refractivity contribution in [1.29, 1.82) is 0 Å². The predicted octanol–water partition coefficient (Wildman–Crippen LogP) is 2.78. The first kappa shape index (κ1) is 23.1. The van der Waals surface area contributed by atoms with Crippen LogP contribution in [-0.2, 0) is 6.54 Å². The van der Waals surface area contributed by atoms with Crippen LogP contribution >= 0.6 is 11.6 Å². The minimum Gasteiger partial charge on any atom is -0.383 e. The zero-order chi connectivity index (χ0) is 22.6. The fraction of sp³-hybridized carbons (Fsp3) is 0.421. The predicted molar refractivity (Wildman–Crippen MR) is 115 cm³/mol. The number of benzene rings is 1. The molecular weight excluding hydrogens is 414 g/mol. The van der Waals surface area contributed by atoms with Gasteiger partial charge in [0.05, 0.1) is 4.92 Å². The van der Waals surface area contributed by atoms with E-state index in [0.717, 1.165) is 11.0 Å². The van der Waals surface area contributed by atoms with E-state index >= 15 is 0 Å². The van der Waals surface area contributed by atoms with Crippen LogP contribution in [0.2, 0.25) is 5.02 Å². The Kier molecular flexibility index (Phi) is 7.38. The van der Waals surface area contributed by atoms with Crippen molar-refractivity contribution in [2.75, 3.05) is 17.2 Å².